The third-order valence-electron chi connectivity index (χ3n) is 11.6. The summed E-state index contributed by atoms with van der Waals surface area (Å²) in [5, 5.41) is 8.85. The van der Waals surface area contributed by atoms with Crippen LogP contribution in [0.4, 0.5) is 35.1 Å². The highest BCUT2D eigenvalue weighted by atomic mass is 19.4. The molecule has 0 fully saturated rings. The molecular formula is C48H40F8N12. The molecule has 0 aliphatic carbocycles. The molecular weight excluding hydrogens is 897 g/mol. The molecule has 0 saturated carbocycles. The Balaban J connectivity index is 0.000000170. The highest BCUT2D eigenvalue weighted by Crippen LogP contribution is 2.42. The number of hydrogen-bond acceptors (Lipinski definition) is 8. The van der Waals surface area contributed by atoms with Crippen molar-refractivity contribution in [3.63, 3.8) is 0 Å². The first-order valence-electron chi connectivity index (χ1n) is 21.5. The molecule has 0 unspecified atom stereocenters. The van der Waals surface area contributed by atoms with Gasteiger partial charge in [0.15, 0.2) is 11.6 Å². The van der Waals surface area contributed by atoms with Gasteiger partial charge in [-0.3, -0.25) is 0 Å². The zero-order chi connectivity index (χ0) is 47.7. The molecule has 68 heavy (non-hydrogen) atoms. The lowest BCUT2D eigenvalue weighted by molar-refractivity contribution is -0.139. The molecule has 2 aliphatic rings. The minimum absolute atomic E-state index is 0.202. The van der Waals surface area contributed by atoms with E-state index in [9.17, 15) is 35.1 Å². The molecule has 0 amide bonds. The van der Waals surface area contributed by atoms with Gasteiger partial charge in [-0.25, -0.2) is 39.3 Å². The molecule has 0 bridgehead atoms. The van der Waals surface area contributed by atoms with Crippen LogP contribution < -0.4 is 0 Å². The molecule has 2 atom stereocenters. The molecule has 0 radical (unpaired) electrons. The number of rotatable bonds is 8. The second-order valence-electron chi connectivity index (χ2n) is 16.3. The van der Waals surface area contributed by atoms with Crippen molar-refractivity contribution in [1.82, 2.24) is 58.6 Å². The van der Waals surface area contributed by atoms with Crippen molar-refractivity contribution in [2.75, 3.05) is 0 Å². The van der Waals surface area contributed by atoms with Gasteiger partial charge in [-0.1, -0.05) is 36.4 Å². The maximum Gasteiger partial charge on any atom is 0.416 e. The van der Waals surface area contributed by atoms with Crippen LogP contribution in [0.2, 0.25) is 0 Å². The number of halogens is 8. The van der Waals surface area contributed by atoms with Gasteiger partial charge in [0.2, 0.25) is 11.9 Å². The van der Waals surface area contributed by atoms with Crippen LogP contribution in [0.5, 0.6) is 0 Å². The lowest BCUT2D eigenvalue weighted by atomic mass is 9.88. The van der Waals surface area contributed by atoms with E-state index in [2.05, 4.69) is 40.1 Å². The van der Waals surface area contributed by atoms with Gasteiger partial charge in [0, 0.05) is 37.3 Å². The maximum absolute atomic E-state index is 14.5. The lowest BCUT2D eigenvalue weighted by Crippen LogP contribution is -2.21. The number of aromatic nitrogens is 12. The van der Waals surface area contributed by atoms with Crippen LogP contribution in [-0.2, 0) is 25.4 Å². The molecule has 0 saturated heterocycles. The second-order valence-corrected chi connectivity index (χ2v) is 16.3. The lowest BCUT2D eigenvalue weighted by Gasteiger charge is -2.25. The fourth-order valence-corrected chi connectivity index (χ4v) is 8.46. The Kier molecular flexibility index (Phi) is 12.4. The van der Waals surface area contributed by atoms with Crippen molar-refractivity contribution in [2.45, 2.75) is 76.8 Å². The number of pyridine rings is 2. The Bertz CT molecular complexity index is 2950. The summed E-state index contributed by atoms with van der Waals surface area (Å²) in [6, 6.07) is 17.7. The highest BCUT2D eigenvalue weighted by molar-refractivity contribution is 5.66. The third kappa shape index (κ3) is 9.75. The minimum Gasteiger partial charge on any atom is -0.302 e. The molecule has 12 nitrogen and oxygen atoms in total. The Morgan fingerprint density at radius 2 is 0.941 bits per heavy atom. The Morgan fingerprint density at radius 1 is 0.529 bits per heavy atom. The summed E-state index contributed by atoms with van der Waals surface area (Å²) in [7, 11) is 0. The summed E-state index contributed by atoms with van der Waals surface area (Å²) in [5.41, 5.74) is 1.90. The second kappa shape index (κ2) is 18.6. The van der Waals surface area contributed by atoms with E-state index in [1.54, 1.807) is 91.6 Å². The van der Waals surface area contributed by atoms with Gasteiger partial charge in [0.05, 0.1) is 46.6 Å². The molecule has 6 aromatic heterocycles. The number of fused-ring (bicyclic) bond motifs is 2. The average Bonchev–Trinajstić information content (AvgIpc) is 4.14. The molecule has 20 heteroatoms. The molecule has 0 spiro atoms. The van der Waals surface area contributed by atoms with Crippen molar-refractivity contribution >= 4 is 24.3 Å². The Labute approximate surface area is 383 Å². The van der Waals surface area contributed by atoms with E-state index >= 15 is 0 Å². The van der Waals surface area contributed by atoms with E-state index in [1.807, 2.05) is 13.8 Å². The van der Waals surface area contributed by atoms with Gasteiger partial charge in [-0.05, 0) is 111 Å². The fourth-order valence-electron chi connectivity index (χ4n) is 8.46. The Morgan fingerprint density at radius 3 is 1.31 bits per heavy atom. The molecule has 0 N–H and O–H groups in total. The van der Waals surface area contributed by atoms with Gasteiger partial charge in [0.25, 0.3) is 0 Å². The highest BCUT2D eigenvalue weighted by Gasteiger charge is 2.39. The number of alkyl halides is 6. The van der Waals surface area contributed by atoms with Crippen LogP contribution in [0.15, 0.2) is 97.8 Å². The van der Waals surface area contributed by atoms with Crippen molar-refractivity contribution in [2.24, 2.45) is 0 Å². The van der Waals surface area contributed by atoms with Crippen LogP contribution in [-0.4, -0.2) is 58.6 Å². The van der Waals surface area contributed by atoms with Gasteiger partial charge >= 0.3 is 12.4 Å². The van der Waals surface area contributed by atoms with Gasteiger partial charge in [-0.2, -0.15) is 45.3 Å². The van der Waals surface area contributed by atoms with Gasteiger partial charge in [0.1, 0.15) is 23.0 Å². The number of imidazole rings is 2. The summed E-state index contributed by atoms with van der Waals surface area (Å²) < 4.78 is 117. The molecule has 2 aliphatic heterocycles. The topological polar surface area (TPSA) is 123 Å². The largest absolute Gasteiger partial charge is 0.416 e. The third-order valence-corrected chi connectivity index (χ3v) is 11.6. The maximum atomic E-state index is 14.5. The van der Waals surface area contributed by atoms with E-state index in [1.165, 1.54) is 36.9 Å². The normalized spacial score (nSPS) is 16.2. The first-order valence-corrected chi connectivity index (χ1v) is 21.5. The van der Waals surface area contributed by atoms with Crippen molar-refractivity contribution in [3.8, 4) is 11.4 Å². The smallest absolute Gasteiger partial charge is 0.302 e. The molecule has 348 valence electrons. The predicted octanol–water partition coefficient (Wildman–Crippen LogP) is 10.8. The zero-order valence-electron chi connectivity index (χ0n) is 36.3. The zero-order valence-corrected chi connectivity index (χ0v) is 36.3. The van der Waals surface area contributed by atoms with E-state index in [0.717, 1.165) is 23.5 Å². The first-order chi connectivity index (χ1) is 32.6. The number of aryl methyl sites for hydroxylation is 4. The predicted molar refractivity (Wildman–Crippen MR) is 235 cm³/mol. The molecule has 8 aromatic rings. The average molecular weight is 937 g/mol. The number of nitrogens with zero attached hydrogens (tertiary/aromatic N) is 12. The van der Waals surface area contributed by atoms with Crippen molar-refractivity contribution in [1.29, 1.82) is 0 Å². The van der Waals surface area contributed by atoms with Gasteiger partial charge in [-0.15, -0.1) is 0 Å². The molecule has 8 heterocycles. The van der Waals surface area contributed by atoms with E-state index in [4.69, 9.17) is 0 Å². The fraction of sp³-hybridized carbons (Fsp3) is 0.250. The molecule has 10 rings (SSSR count). The van der Waals surface area contributed by atoms with Crippen LogP contribution in [0.25, 0.3) is 35.7 Å². The van der Waals surface area contributed by atoms with Crippen LogP contribution in [0.1, 0.15) is 106 Å². The van der Waals surface area contributed by atoms with Crippen LogP contribution in [0.3, 0.4) is 0 Å². The SMILES string of the molecule is Cc1cn(-c2ccc(/C=C/c3nc4n(n3)CCC[C@@H]4c3ccccc3C(F)(F)F)nc2F)cn1.Cc1cn(-c2ccc(/C=C/c3nc4n(n3)CCC[C@H]4c3ccccc3C(F)(F)F)nc2F)cn1. The van der Waals surface area contributed by atoms with Gasteiger partial charge < -0.3 is 9.13 Å². The van der Waals surface area contributed by atoms with Crippen LogP contribution >= 0.6 is 0 Å². The van der Waals surface area contributed by atoms with Crippen LogP contribution in [0, 0.1) is 25.7 Å². The summed E-state index contributed by atoms with van der Waals surface area (Å²) in [5.74, 6) is -0.656. The monoisotopic (exact) mass is 936 g/mol. The minimum atomic E-state index is -4.45. The first kappa shape index (κ1) is 45.5. The summed E-state index contributed by atoms with van der Waals surface area (Å²) in [6.45, 7) is 4.77. The molecule has 2 aromatic carbocycles. The van der Waals surface area contributed by atoms with Crippen molar-refractivity contribution in [3.05, 3.63) is 178 Å². The van der Waals surface area contributed by atoms with E-state index < -0.39 is 47.2 Å². The summed E-state index contributed by atoms with van der Waals surface area (Å²) in [4.78, 5) is 25.1. The van der Waals surface area contributed by atoms with E-state index in [-0.39, 0.29) is 22.5 Å². The Hall–Kier alpha value is -7.64. The van der Waals surface area contributed by atoms with E-state index in [0.29, 0.717) is 73.5 Å². The van der Waals surface area contributed by atoms with Crippen molar-refractivity contribution < 1.29 is 35.1 Å². The summed E-state index contributed by atoms with van der Waals surface area (Å²) >= 11 is 0. The standard InChI is InChI=1S/2C24H20F4N6/c2*1-15-13-33(14-29-15)20-10-8-16(30-22(20)25)9-11-21-31-23-18(6-4-12-34(23)32-21)17-5-2-3-7-19(17)24(26,27)28/h2*2-3,5,7-11,13-14,18H,4,6,12H2,1H3/b2*11-9+/t2*18-/m10/s1. The number of benzene rings is 2. The number of hydrogen-bond donors (Lipinski definition) is 0. The quantitative estimate of drug-likeness (QED) is 0.109. The summed E-state index contributed by atoms with van der Waals surface area (Å²) in [6.07, 6.45) is 6.34.